The molecule has 1 aromatic heterocycles. The van der Waals surface area contributed by atoms with Gasteiger partial charge in [-0.05, 0) is 85.0 Å². The summed E-state index contributed by atoms with van der Waals surface area (Å²) in [6.07, 6.45) is 1.52. The van der Waals surface area contributed by atoms with E-state index in [1.165, 1.54) is 10.9 Å². The number of methoxy groups -OCH3 is 1. The smallest absolute Gasteiger partial charge is 0.282 e. The number of para-hydroxylation sites is 2. The Labute approximate surface area is 272 Å². The minimum absolute atomic E-state index is 0.169. The highest BCUT2D eigenvalue weighted by Crippen LogP contribution is 2.37. The summed E-state index contributed by atoms with van der Waals surface area (Å²) in [6.45, 7) is 8.00. The van der Waals surface area contributed by atoms with Gasteiger partial charge in [0.2, 0.25) is 0 Å². The van der Waals surface area contributed by atoms with Crippen LogP contribution in [0, 0.1) is 6.92 Å². The Morgan fingerprint density at radius 1 is 1.02 bits per heavy atom. The first kappa shape index (κ1) is 32.2. The van der Waals surface area contributed by atoms with Crippen molar-refractivity contribution in [2.24, 2.45) is 5.10 Å². The van der Waals surface area contributed by atoms with Crippen molar-refractivity contribution in [3.8, 4) is 28.6 Å². The van der Waals surface area contributed by atoms with Crippen LogP contribution in [-0.2, 0) is 4.79 Å². The molecule has 0 atom stereocenters. The van der Waals surface area contributed by atoms with Crippen molar-refractivity contribution in [3.63, 3.8) is 0 Å². The maximum Gasteiger partial charge on any atom is 0.282 e. The minimum Gasteiger partial charge on any atom is -0.496 e. The minimum atomic E-state index is -0.347. The number of anilines is 1. The fraction of sp³-hybridized carbons (Fsp3) is 0.222. The zero-order valence-electron chi connectivity index (χ0n) is 26.3. The van der Waals surface area contributed by atoms with Crippen molar-refractivity contribution in [1.82, 2.24) is 9.66 Å². The number of nitrogens with one attached hydrogen (secondary N) is 1. The molecule has 0 aliphatic carbocycles. The number of ether oxygens (including phenoxy) is 3. The number of hydrogen-bond acceptors (Lipinski definition) is 7. The summed E-state index contributed by atoms with van der Waals surface area (Å²) in [5.41, 5.74) is 4.08. The van der Waals surface area contributed by atoms with Gasteiger partial charge in [-0.1, -0.05) is 55.8 Å². The molecular weight excluding hydrogens is 604 g/mol. The first-order valence-corrected chi connectivity index (χ1v) is 15.3. The van der Waals surface area contributed by atoms with Crippen molar-refractivity contribution in [2.45, 2.75) is 33.6 Å². The van der Waals surface area contributed by atoms with Crippen LogP contribution in [0.3, 0.4) is 0 Å². The summed E-state index contributed by atoms with van der Waals surface area (Å²) in [5, 5.41) is 8.05. The summed E-state index contributed by atoms with van der Waals surface area (Å²) in [6, 6.07) is 23.5. The molecule has 1 N–H and O–H groups in total. The van der Waals surface area contributed by atoms with Gasteiger partial charge in [-0.25, -0.2) is 4.98 Å². The van der Waals surface area contributed by atoms with Gasteiger partial charge in [0.1, 0.15) is 5.75 Å². The van der Waals surface area contributed by atoms with Gasteiger partial charge in [-0.3, -0.25) is 9.59 Å². The number of carbonyl (C=O) groups excluding carboxylic acids is 1. The molecule has 9 nitrogen and oxygen atoms in total. The summed E-state index contributed by atoms with van der Waals surface area (Å²) in [5.74, 6) is 1.54. The molecule has 0 fully saturated rings. The number of nitrogens with zero attached hydrogens (tertiary/aromatic N) is 3. The van der Waals surface area contributed by atoms with Gasteiger partial charge >= 0.3 is 0 Å². The molecule has 0 saturated carbocycles. The Morgan fingerprint density at radius 3 is 2.48 bits per heavy atom. The first-order valence-electron chi connectivity index (χ1n) is 14.9. The molecule has 5 aromatic rings. The average Bonchev–Trinajstić information content (AvgIpc) is 3.04. The van der Waals surface area contributed by atoms with Gasteiger partial charge in [-0.2, -0.15) is 9.78 Å². The second-order valence-corrected chi connectivity index (χ2v) is 11.3. The first-order chi connectivity index (χ1) is 22.2. The van der Waals surface area contributed by atoms with E-state index in [-0.39, 0.29) is 34.8 Å². The van der Waals surface area contributed by atoms with Crippen molar-refractivity contribution in [2.75, 3.05) is 25.6 Å². The number of halogens is 1. The average molecular weight is 639 g/mol. The molecule has 0 aliphatic heterocycles. The van der Waals surface area contributed by atoms with Gasteiger partial charge in [-0.15, -0.1) is 0 Å². The molecule has 0 aliphatic rings. The van der Waals surface area contributed by atoms with Crippen LogP contribution in [0.2, 0.25) is 5.02 Å². The van der Waals surface area contributed by atoms with Crippen LogP contribution in [0.25, 0.3) is 22.3 Å². The second kappa shape index (κ2) is 14.3. The van der Waals surface area contributed by atoms with E-state index in [0.29, 0.717) is 40.3 Å². The van der Waals surface area contributed by atoms with Crippen LogP contribution in [0.15, 0.2) is 88.8 Å². The standard InChI is InChI=1S/C36H35ClN4O5/c1-6-45-32-18-24(17-29(37)34(32)46-21-33(42)39-25-12-8-7-9-13-25)20-38-41-35(40-30-15-11-10-14-26(30)36(41)43)28-19-27(22(2)3)31(44-5)16-23(28)4/h7-20,22H,6,21H2,1-5H3,(H,39,42). The Bertz CT molecular complexity index is 1970. The lowest BCUT2D eigenvalue weighted by Crippen LogP contribution is -2.21. The predicted octanol–water partition coefficient (Wildman–Crippen LogP) is 7.46. The lowest BCUT2D eigenvalue weighted by Gasteiger charge is -2.17. The summed E-state index contributed by atoms with van der Waals surface area (Å²) >= 11 is 6.64. The SMILES string of the molecule is CCOc1cc(C=Nn2c(-c3cc(C(C)C)c(OC)cc3C)nc3ccccc3c2=O)cc(Cl)c1OCC(=O)Nc1ccccc1. The number of benzene rings is 4. The maximum absolute atomic E-state index is 13.8. The number of rotatable bonds is 11. The Kier molecular flexibility index (Phi) is 10.0. The fourth-order valence-electron chi connectivity index (χ4n) is 5.02. The highest BCUT2D eigenvalue weighted by atomic mass is 35.5. The molecule has 1 amide bonds. The van der Waals surface area contributed by atoms with Crippen LogP contribution >= 0.6 is 11.6 Å². The molecule has 1 heterocycles. The molecule has 0 unspecified atom stereocenters. The zero-order chi connectivity index (χ0) is 32.8. The lowest BCUT2D eigenvalue weighted by atomic mass is 9.96. The van der Waals surface area contributed by atoms with Gasteiger partial charge < -0.3 is 19.5 Å². The van der Waals surface area contributed by atoms with Gasteiger partial charge in [0, 0.05) is 11.3 Å². The molecule has 0 saturated heterocycles. The van der Waals surface area contributed by atoms with Gasteiger partial charge in [0.25, 0.3) is 11.5 Å². The second-order valence-electron chi connectivity index (χ2n) is 10.8. The number of fused-ring (bicyclic) bond motifs is 1. The van der Waals surface area contributed by atoms with Crippen molar-refractivity contribution >= 4 is 40.3 Å². The Hall–Kier alpha value is -5.15. The van der Waals surface area contributed by atoms with E-state index in [9.17, 15) is 9.59 Å². The van der Waals surface area contributed by atoms with Crippen molar-refractivity contribution in [1.29, 1.82) is 0 Å². The third-order valence-corrected chi connectivity index (χ3v) is 7.53. The Balaban J connectivity index is 1.53. The summed E-state index contributed by atoms with van der Waals surface area (Å²) < 4.78 is 18.5. The van der Waals surface area contributed by atoms with Crippen LogP contribution in [0.1, 0.15) is 43.4 Å². The van der Waals surface area contributed by atoms with E-state index < -0.39 is 0 Å². The van der Waals surface area contributed by atoms with Gasteiger partial charge in [0.15, 0.2) is 23.9 Å². The molecule has 4 aromatic carbocycles. The van der Waals surface area contributed by atoms with Crippen molar-refractivity contribution < 1.29 is 19.0 Å². The van der Waals surface area contributed by atoms with Crippen LogP contribution in [0.4, 0.5) is 5.69 Å². The van der Waals surface area contributed by atoms with Crippen molar-refractivity contribution in [3.05, 3.63) is 111 Å². The molecule has 0 bridgehead atoms. The maximum atomic E-state index is 13.8. The topological polar surface area (TPSA) is 104 Å². The highest BCUT2D eigenvalue weighted by Gasteiger charge is 2.19. The number of aryl methyl sites for hydroxylation is 1. The molecule has 46 heavy (non-hydrogen) atoms. The highest BCUT2D eigenvalue weighted by molar-refractivity contribution is 6.32. The molecule has 236 valence electrons. The third-order valence-electron chi connectivity index (χ3n) is 7.25. The zero-order valence-corrected chi connectivity index (χ0v) is 27.1. The number of hydrogen-bond donors (Lipinski definition) is 1. The van der Waals surface area contributed by atoms with Crippen LogP contribution in [-0.4, -0.2) is 42.1 Å². The fourth-order valence-corrected chi connectivity index (χ4v) is 5.29. The van der Waals surface area contributed by atoms with E-state index in [1.54, 1.807) is 43.5 Å². The molecule has 5 rings (SSSR count). The van der Waals surface area contributed by atoms with E-state index in [1.807, 2.05) is 56.3 Å². The normalized spacial score (nSPS) is 11.3. The number of carbonyl (C=O) groups is 1. The van der Waals surface area contributed by atoms with E-state index in [2.05, 4.69) is 24.3 Å². The largest absolute Gasteiger partial charge is 0.496 e. The summed E-state index contributed by atoms with van der Waals surface area (Å²) in [7, 11) is 1.65. The third kappa shape index (κ3) is 7.05. The van der Waals surface area contributed by atoms with E-state index in [4.69, 9.17) is 30.8 Å². The Morgan fingerprint density at radius 2 is 1.76 bits per heavy atom. The molecule has 0 radical (unpaired) electrons. The molecular formula is C36H35ClN4O5. The number of amides is 1. The van der Waals surface area contributed by atoms with E-state index >= 15 is 0 Å². The van der Waals surface area contributed by atoms with Crippen LogP contribution in [0.5, 0.6) is 17.2 Å². The van der Waals surface area contributed by atoms with Crippen LogP contribution < -0.4 is 25.1 Å². The predicted molar refractivity (Wildman–Crippen MR) is 183 cm³/mol. The van der Waals surface area contributed by atoms with Gasteiger partial charge in [0.05, 0.1) is 35.9 Å². The van der Waals surface area contributed by atoms with E-state index in [0.717, 1.165) is 22.4 Å². The quantitative estimate of drug-likeness (QED) is 0.151. The molecule has 10 heteroatoms. The number of aromatic nitrogens is 2. The summed E-state index contributed by atoms with van der Waals surface area (Å²) in [4.78, 5) is 31.2. The molecule has 0 spiro atoms. The lowest BCUT2D eigenvalue weighted by molar-refractivity contribution is -0.118. The monoisotopic (exact) mass is 638 g/mol.